The fourth-order valence-electron chi connectivity index (χ4n) is 2.20. The molecule has 19 heavy (non-hydrogen) atoms. The molecule has 0 fully saturated rings. The number of benzene rings is 1. The summed E-state index contributed by atoms with van der Waals surface area (Å²) in [5.74, 6) is -0.0560. The molecule has 2 N–H and O–H groups in total. The van der Waals surface area contributed by atoms with Crippen molar-refractivity contribution in [2.45, 2.75) is 19.8 Å². The highest BCUT2D eigenvalue weighted by atomic mass is 16.5. The summed E-state index contributed by atoms with van der Waals surface area (Å²) in [4.78, 5) is 11.9. The van der Waals surface area contributed by atoms with Gasteiger partial charge in [0.05, 0.1) is 5.69 Å². The van der Waals surface area contributed by atoms with Gasteiger partial charge in [-0.15, -0.1) is 0 Å². The quantitative estimate of drug-likeness (QED) is 0.867. The van der Waals surface area contributed by atoms with Gasteiger partial charge >= 0.3 is 0 Å². The van der Waals surface area contributed by atoms with E-state index in [-0.39, 0.29) is 11.7 Å². The van der Waals surface area contributed by atoms with E-state index in [1.54, 1.807) is 13.0 Å². The van der Waals surface area contributed by atoms with Gasteiger partial charge in [-0.2, -0.15) is 0 Å². The van der Waals surface area contributed by atoms with E-state index in [4.69, 9.17) is 4.52 Å². The van der Waals surface area contributed by atoms with E-state index in [2.05, 4.69) is 15.8 Å². The van der Waals surface area contributed by atoms with Crippen LogP contribution in [0.3, 0.4) is 0 Å². The van der Waals surface area contributed by atoms with Gasteiger partial charge in [0.25, 0.3) is 5.91 Å². The third-order valence-corrected chi connectivity index (χ3v) is 3.16. The van der Waals surface area contributed by atoms with E-state index in [9.17, 15) is 4.79 Å². The summed E-state index contributed by atoms with van der Waals surface area (Å²) in [6.07, 6.45) is 2.23. The Bertz CT molecular complexity index is 619. The van der Waals surface area contributed by atoms with E-state index < -0.39 is 0 Å². The van der Waals surface area contributed by atoms with E-state index in [1.807, 2.05) is 18.2 Å². The minimum Gasteiger partial charge on any atom is -0.385 e. The van der Waals surface area contributed by atoms with Crippen molar-refractivity contribution < 1.29 is 9.32 Å². The van der Waals surface area contributed by atoms with Crippen LogP contribution in [0.4, 0.5) is 11.4 Å². The van der Waals surface area contributed by atoms with Crippen LogP contribution in [0.25, 0.3) is 0 Å². The molecule has 0 radical (unpaired) electrons. The molecule has 2 heterocycles. The zero-order valence-electron chi connectivity index (χ0n) is 10.7. The van der Waals surface area contributed by atoms with Crippen LogP contribution in [0.5, 0.6) is 0 Å². The van der Waals surface area contributed by atoms with Gasteiger partial charge in [0.1, 0.15) is 0 Å². The summed E-state index contributed by atoms with van der Waals surface area (Å²) >= 11 is 0. The van der Waals surface area contributed by atoms with Gasteiger partial charge in [0.2, 0.25) is 5.76 Å². The molecule has 2 aromatic rings. The normalized spacial score (nSPS) is 13.5. The predicted molar refractivity (Wildman–Crippen MR) is 72.4 cm³/mol. The maximum Gasteiger partial charge on any atom is 0.294 e. The van der Waals surface area contributed by atoms with Crippen LogP contribution in [-0.2, 0) is 6.42 Å². The molecular weight excluding hydrogens is 242 g/mol. The fraction of sp³-hybridized carbons (Fsp3) is 0.286. The Morgan fingerprint density at radius 3 is 3.11 bits per heavy atom. The summed E-state index contributed by atoms with van der Waals surface area (Å²) in [5.41, 5.74) is 3.84. The fourth-order valence-corrected chi connectivity index (χ4v) is 2.20. The molecule has 1 aliphatic heterocycles. The van der Waals surface area contributed by atoms with Crippen LogP contribution < -0.4 is 10.6 Å². The lowest BCUT2D eigenvalue weighted by Gasteiger charge is -2.18. The number of aromatic nitrogens is 1. The topological polar surface area (TPSA) is 67.2 Å². The van der Waals surface area contributed by atoms with Crippen molar-refractivity contribution in [3.63, 3.8) is 0 Å². The molecule has 3 rings (SSSR count). The number of carbonyl (C=O) groups is 1. The Kier molecular flexibility index (Phi) is 2.95. The number of aryl methyl sites for hydroxylation is 2. The average Bonchev–Trinajstić information content (AvgIpc) is 2.85. The van der Waals surface area contributed by atoms with Crippen LogP contribution in [-0.4, -0.2) is 17.6 Å². The zero-order chi connectivity index (χ0) is 13.2. The van der Waals surface area contributed by atoms with Crippen molar-refractivity contribution >= 4 is 17.3 Å². The van der Waals surface area contributed by atoms with Gasteiger partial charge < -0.3 is 15.2 Å². The van der Waals surface area contributed by atoms with Gasteiger partial charge in [0.15, 0.2) is 0 Å². The van der Waals surface area contributed by atoms with Crippen LogP contribution >= 0.6 is 0 Å². The molecule has 0 spiro atoms. The molecule has 1 aromatic heterocycles. The van der Waals surface area contributed by atoms with Gasteiger partial charge in [-0.1, -0.05) is 11.2 Å². The Labute approximate surface area is 111 Å². The smallest absolute Gasteiger partial charge is 0.294 e. The van der Waals surface area contributed by atoms with Crippen molar-refractivity contribution in [2.75, 3.05) is 17.2 Å². The van der Waals surface area contributed by atoms with Gasteiger partial charge in [0, 0.05) is 24.0 Å². The second kappa shape index (κ2) is 4.76. The molecule has 98 valence electrons. The summed E-state index contributed by atoms with van der Waals surface area (Å²) in [7, 11) is 0. The van der Waals surface area contributed by atoms with E-state index in [0.29, 0.717) is 5.69 Å². The molecule has 0 aliphatic carbocycles. The molecule has 1 amide bonds. The number of nitrogens with one attached hydrogen (secondary N) is 2. The first kappa shape index (κ1) is 11.8. The highest BCUT2D eigenvalue weighted by Crippen LogP contribution is 2.25. The lowest BCUT2D eigenvalue weighted by Crippen LogP contribution is -2.14. The third kappa shape index (κ3) is 2.45. The maximum atomic E-state index is 11.9. The molecule has 0 atom stereocenters. The Morgan fingerprint density at radius 1 is 1.42 bits per heavy atom. The first-order valence-corrected chi connectivity index (χ1v) is 6.34. The monoisotopic (exact) mass is 257 g/mol. The SMILES string of the molecule is Cc1cc(C(=O)Nc2ccc3c(c2)NCCC3)on1. The highest BCUT2D eigenvalue weighted by molar-refractivity contribution is 6.02. The third-order valence-electron chi connectivity index (χ3n) is 3.16. The summed E-state index contributed by atoms with van der Waals surface area (Å²) in [6.45, 7) is 2.76. The minimum atomic E-state index is -0.281. The molecule has 1 aromatic carbocycles. The van der Waals surface area contributed by atoms with E-state index in [0.717, 1.165) is 30.8 Å². The van der Waals surface area contributed by atoms with Crippen molar-refractivity contribution in [1.82, 2.24) is 5.16 Å². The second-order valence-corrected chi connectivity index (χ2v) is 4.69. The summed E-state index contributed by atoms with van der Waals surface area (Å²) in [6, 6.07) is 7.53. The van der Waals surface area contributed by atoms with E-state index >= 15 is 0 Å². The number of anilines is 2. The lowest BCUT2D eigenvalue weighted by molar-refractivity contribution is 0.0988. The van der Waals surface area contributed by atoms with Crippen LogP contribution in [0.1, 0.15) is 28.2 Å². The highest BCUT2D eigenvalue weighted by Gasteiger charge is 2.13. The summed E-state index contributed by atoms with van der Waals surface area (Å²) in [5, 5.41) is 9.84. The Hall–Kier alpha value is -2.30. The molecule has 0 bridgehead atoms. The standard InChI is InChI=1S/C14H15N3O2/c1-9-7-13(19-17-9)14(18)16-11-5-4-10-3-2-6-15-12(10)8-11/h4-5,7-8,15H,2-3,6H2,1H3,(H,16,18). The molecule has 0 saturated carbocycles. The van der Waals surface area contributed by atoms with Gasteiger partial charge in [-0.25, -0.2) is 0 Å². The Balaban J connectivity index is 1.78. The number of hydrogen-bond acceptors (Lipinski definition) is 4. The number of fused-ring (bicyclic) bond motifs is 1. The molecular formula is C14H15N3O2. The van der Waals surface area contributed by atoms with Gasteiger partial charge in [-0.05, 0) is 37.5 Å². The predicted octanol–water partition coefficient (Wildman–Crippen LogP) is 2.59. The lowest BCUT2D eigenvalue weighted by atomic mass is 10.0. The molecule has 0 saturated heterocycles. The molecule has 1 aliphatic rings. The van der Waals surface area contributed by atoms with Crippen LogP contribution in [0.15, 0.2) is 28.8 Å². The number of amides is 1. The minimum absolute atomic E-state index is 0.225. The summed E-state index contributed by atoms with van der Waals surface area (Å²) < 4.78 is 4.93. The first-order valence-electron chi connectivity index (χ1n) is 6.34. The van der Waals surface area contributed by atoms with Crippen molar-refractivity contribution in [2.24, 2.45) is 0 Å². The van der Waals surface area contributed by atoms with Crippen molar-refractivity contribution in [3.05, 3.63) is 41.3 Å². The first-order chi connectivity index (χ1) is 9.22. The molecule has 5 nitrogen and oxygen atoms in total. The van der Waals surface area contributed by atoms with Crippen LogP contribution in [0.2, 0.25) is 0 Å². The number of nitrogens with zero attached hydrogens (tertiary/aromatic N) is 1. The van der Waals surface area contributed by atoms with Crippen LogP contribution in [0, 0.1) is 6.92 Å². The van der Waals surface area contributed by atoms with E-state index in [1.165, 1.54) is 5.56 Å². The van der Waals surface area contributed by atoms with Gasteiger partial charge in [-0.3, -0.25) is 4.79 Å². The largest absolute Gasteiger partial charge is 0.385 e. The molecule has 5 heteroatoms. The number of carbonyl (C=O) groups excluding carboxylic acids is 1. The second-order valence-electron chi connectivity index (χ2n) is 4.69. The van der Waals surface area contributed by atoms with Crippen molar-refractivity contribution in [1.29, 1.82) is 0 Å². The number of rotatable bonds is 2. The Morgan fingerprint density at radius 2 is 2.32 bits per heavy atom. The maximum absolute atomic E-state index is 11.9. The molecule has 0 unspecified atom stereocenters. The zero-order valence-corrected chi connectivity index (χ0v) is 10.7. The average molecular weight is 257 g/mol. The number of hydrogen-bond donors (Lipinski definition) is 2. The van der Waals surface area contributed by atoms with Crippen molar-refractivity contribution in [3.8, 4) is 0 Å².